The lowest BCUT2D eigenvalue weighted by Gasteiger charge is -2.32. The van der Waals surface area contributed by atoms with E-state index in [0.29, 0.717) is 27.6 Å². The summed E-state index contributed by atoms with van der Waals surface area (Å²) in [7, 11) is 7.67. The Morgan fingerprint density at radius 3 is 2.19 bits per heavy atom. The van der Waals surface area contributed by atoms with Crippen LogP contribution in [0.15, 0.2) is 46.6 Å². The molecule has 0 saturated heterocycles. The van der Waals surface area contributed by atoms with Crippen molar-refractivity contribution in [3.63, 3.8) is 0 Å². The zero-order valence-corrected chi connectivity index (χ0v) is 26.4. The molecule has 1 aliphatic heterocycles. The Bertz CT molecular complexity index is 1510. The van der Waals surface area contributed by atoms with Crippen molar-refractivity contribution in [2.45, 2.75) is 49.7 Å². The average molecular weight is 621 g/mol. The molecular weight excluding hydrogens is 585 g/mol. The van der Waals surface area contributed by atoms with Crippen LogP contribution in [0.25, 0.3) is 0 Å². The summed E-state index contributed by atoms with van der Waals surface area (Å²) in [5, 5.41) is 24.9. The first-order valence-corrected chi connectivity index (χ1v) is 15.9. The van der Waals surface area contributed by atoms with Gasteiger partial charge in [-0.1, -0.05) is 41.7 Å². The summed E-state index contributed by atoms with van der Waals surface area (Å²) < 4.78 is 0. The molecule has 0 aromatic carbocycles. The van der Waals surface area contributed by atoms with Gasteiger partial charge in [0.05, 0.1) is 29.5 Å². The molecule has 3 aromatic rings. The van der Waals surface area contributed by atoms with Gasteiger partial charge < -0.3 is 20.4 Å². The van der Waals surface area contributed by atoms with Crippen molar-refractivity contribution >= 4 is 63.1 Å². The Labute approximate surface area is 259 Å². The molecule has 1 unspecified atom stereocenters. The zero-order chi connectivity index (χ0) is 30.3. The number of pyridine rings is 2. The minimum atomic E-state index is -0.170. The number of amidine groups is 1. The van der Waals surface area contributed by atoms with E-state index in [1.807, 2.05) is 80.6 Å². The Balaban J connectivity index is 1.12. The van der Waals surface area contributed by atoms with E-state index < -0.39 is 0 Å². The van der Waals surface area contributed by atoms with Crippen LogP contribution < -0.4 is 20.4 Å². The van der Waals surface area contributed by atoms with E-state index in [1.54, 1.807) is 11.8 Å². The average Bonchev–Trinajstić information content (AvgIpc) is 3.46. The standard InChI is InChI=1S/C29H36N10O2S2/c1-38(2)23-12-6-10-20(31-23)15-25(40)33-28-36-30-17-22(42-28)18-8-5-9-19(14-18)27-35-37-29(43-27)34-26(41)16-21-11-7-13-24(32-21)39(3)4/h6-7,10-13,17-19,22H,5,8-9,14-16H2,1-4H3,(H,33,36,40)(H,34,37,41)/t18-,19-,22?/m0/s1. The van der Waals surface area contributed by atoms with E-state index >= 15 is 0 Å². The molecule has 4 heterocycles. The smallest absolute Gasteiger partial charge is 0.232 e. The number of rotatable bonds is 9. The number of hydrogen-bond acceptors (Lipinski definition) is 12. The van der Waals surface area contributed by atoms with Crippen molar-refractivity contribution in [3.8, 4) is 0 Å². The Morgan fingerprint density at radius 1 is 0.884 bits per heavy atom. The Hall–Kier alpha value is -3.91. The number of carbonyl (C=O) groups is 2. The van der Waals surface area contributed by atoms with Crippen molar-refractivity contribution in [3.05, 3.63) is 52.8 Å². The summed E-state index contributed by atoms with van der Waals surface area (Å²) in [5.74, 6) is 1.88. The molecule has 1 aliphatic carbocycles. The van der Waals surface area contributed by atoms with Gasteiger partial charge in [-0.15, -0.1) is 15.3 Å². The summed E-state index contributed by atoms with van der Waals surface area (Å²) in [4.78, 5) is 38.3. The van der Waals surface area contributed by atoms with Gasteiger partial charge in [0.25, 0.3) is 0 Å². The molecule has 1 fully saturated rings. The number of carbonyl (C=O) groups excluding carboxylic acids is 2. The molecule has 0 spiro atoms. The van der Waals surface area contributed by atoms with Crippen molar-refractivity contribution in [1.29, 1.82) is 0 Å². The Kier molecular flexibility index (Phi) is 9.97. The van der Waals surface area contributed by atoms with Gasteiger partial charge in [0.1, 0.15) is 16.6 Å². The summed E-state index contributed by atoms with van der Waals surface area (Å²) >= 11 is 2.98. The lowest BCUT2D eigenvalue weighted by atomic mass is 9.80. The Morgan fingerprint density at radius 2 is 1.53 bits per heavy atom. The number of aromatic nitrogens is 4. The molecule has 0 radical (unpaired) electrons. The highest BCUT2D eigenvalue weighted by atomic mass is 32.2. The minimum absolute atomic E-state index is 0.100. The molecule has 14 heteroatoms. The summed E-state index contributed by atoms with van der Waals surface area (Å²) in [6.07, 6.45) is 6.27. The SMILES string of the molecule is CN(C)c1cccc(CC(=O)NC2=NN=CC([C@H]3CCC[C@H](c4nnc(NC(=O)Cc5cccc(N(C)C)n5)s4)C3)S2)n1. The van der Waals surface area contributed by atoms with Gasteiger partial charge in [0.2, 0.25) is 16.9 Å². The highest BCUT2D eigenvalue weighted by molar-refractivity contribution is 8.15. The molecule has 2 aliphatic rings. The summed E-state index contributed by atoms with van der Waals surface area (Å²) in [5.41, 5.74) is 1.40. The highest BCUT2D eigenvalue weighted by Crippen LogP contribution is 2.42. The number of amides is 2. The fourth-order valence-electron chi connectivity index (χ4n) is 5.09. The minimum Gasteiger partial charge on any atom is -0.363 e. The number of nitrogens with one attached hydrogen (secondary N) is 2. The van der Waals surface area contributed by atoms with E-state index in [1.165, 1.54) is 11.3 Å². The fraction of sp³-hybridized carbons (Fsp3) is 0.448. The summed E-state index contributed by atoms with van der Waals surface area (Å²) in [6.45, 7) is 0. The molecule has 3 atom stereocenters. The molecule has 43 heavy (non-hydrogen) atoms. The lowest BCUT2D eigenvalue weighted by Crippen LogP contribution is -2.35. The van der Waals surface area contributed by atoms with Gasteiger partial charge in [-0.05, 0) is 49.4 Å². The predicted molar refractivity (Wildman–Crippen MR) is 173 cm³/mol. The van der Waals surface area contributed by atoms with Crippen LogP contribution in [0.1, 0.15) is 48.0 Å². The van der Waals surface area contributed by atoms with Crippen LogP contribution in [0.4, 0.5) is 16.8 Å². The van der Waals surface area contributed by atoms with Gasteiger partial charge in [-0.2, -0.15) is 5.10 Å². The number of hydrogen-bond donors (Lipinski definition) is 2. The molecule has 3 aromatic heterocycles. The maximum Gasteiger partial charge on any atom is 0.232 e. The van der Waals surface area contributed by atoms with Crippen LogP contribution in [-0.4, -0.2) is 76.8 Å². The molecule has 12 nitrogen and oxygen atoms in total. The van der Waals surface area contributed by atoms with Gasteiger partial charge in [0, 0.05) is 40.3 Å². The maximum atomic E-state index is 12.7. The van der Waals surface area contributed by atoms with E-state index in [4.69, 9.17) is 0 Å². The van der Waals surface area contributed by atoms with E-state index in [0.717, 1.165) is 42.3 Å². The van der Waals surface area contributed by atoms with Crippen molar-refractivity contribution in [1.82, 2.24) is 25.5 Å². The van der Waals surface area contributed by atoms with Crippen molar-refractivity contribution in [2.75, 3.05) is 43.3 Å². The van der Waals surface area contributed by atoms with Crippen LogP contribution in [0.2, 0.25) is 0 Å². The molecule has 226 valence electrons. The third kappa shape index (κ3) is 8.35. The number of anilines is 3. The van der Waals surface area contributed by atoms with Gasteiger partial charge in [0.15, 0.2) is 5.17 Å². The van der Waals surface area contributed by atoms with Gasteiger partial charge >= 0.3 is 0 Å². The first-order valence-electron chi connectivity index (χ1n) is 14.2. The number of nitrogens with zero attached hydrogens (tertiary/aromatic N) is 8. The predicted octanol–water partition coefficient (Wildman–Crippen LogP) is 3.73. The topological polar surface area (TPSA) is 141 Å². The first kappa shape index (κ1) is 30.5. The molecule has 5 rings (SSSR count). The van der Waals surface area contributed by atoms with Crippen LogP contribution in [0.5, 0.6) is 0 Å². The third-order valence-corrected chi connectivity index (χ3v) is 9.44. The van der Waals surface area contributed by atoms with Crippen LogP contribution in [-0.2, 0) is 22.4 Å². The second-order valence-corrected chi connectivity index (χ2v) is 13.2. The van der Waals surface area contributed by atoms with Crippen LogP contribution in [0.3, 0.4) is 0 Å². The van der Waals surface area contributed by atoms with Crippen molar-refractivity contribution < 1.29 is 9.59 Å². The normalized spacial score (nSPS) is 19.8. The second kappa shape index (κ2) is 14.0. The quantitative estimate of drug-likeness (QED) is 0.366. The monoisotopic (exact) mass is 620 g/mol. The molecule has 0 bridgehead atoms. The maximum absolute atomic E-state index is 12.7. The van der Waals surface area contributed by atoms with Crippen LogP contribution in [0, 0.1) is 5.92 Å². The van der Waals surface area contributed by atoms with E-state index in [-0.39, 0.29) is 35.8 Å². The second-order valence-electron chi connectivity index (χ2n) is 11.0. The molecule has 2 amide bonds. The molecular formula is C29H36N10O2S2. The number of thioether (sulfide) groups is 1. The largest absolute Gasteiger partial charge is 0.363 e. The van der Waals surface area contributed by atoms with E-state index in [2.05, 4.69) is 41.0 Å². The fourth-order valence-corrected chi connectivity index (χ4v) is 7.08. The molecule has 1 saturated carbocycles. The zero-order valence-electron chi connectivity index (χ0n) is 24.7. The van der Waals surface area contributed by atoms with Crippen LogP contribution >= 0.6 is 23.1 Å². The van der Waals surface area contributed by atoms with E-state index in [9.17, 15) is 9.59 Å². The van der Waals surface area contributed by atoms with Gasteiger partial charge in [-0.25, -0.2) is 9.97 Å². The summed E-state index contributed by atoms with van der Waals surface area (Å²) in [6, 6.07) is 11.3. The lowest BCUT2D eigenvalue weighted by molar-refractivity contribution is -0.119. The third-order valence-electron chi connectivity index (χ3n) is 7.26. The molecule has 2 N–H and O–H groups in total. The van der Waals surface area contributed by atoms with Crippen molar-refractivity contribution in [2.24, 2.45) is 16.1 Å². The highest BCUT2D eigenvalue weighted by Gasteiger charge is 2.33. The van der Waals surface area contributed by atoms with Gasteiger partial charge in [-0.3, -0.25) is 9.59 Å². The first-order chi connectivity index (χ1) is 20.7.